The maximum atomic E-state index is 4.25. The number of unbranched alkanes of at least 4 members (excludes halogenated alkanes) is 5. The number of nitrogens with zero attached hydrogens (tertiary/aromatic N) is 3. The third kappa shape index (κ3) is 4.40. The molecule has 0 aliphatic carbocycles. The predicted octanol–water partition coefficient (Wildman–Crippen LogP) is 2.95. The minimum absolute atomic E-state index is 0.972. The third-order valence-corrected chi connectivity index (χ3v) is 2.36. The molecule has 0 fully saturated rings. The molecule has 0 saturated heterocycles. The van der Waals surface area contributed by atoms with Crippen molar-refractivity contribution in [2.45, 2.75) is 58.9 Å². The van der Waals surface area contributed by atoms with E-state index in [1.165, 1.54) is 38.5 Å². The average molecular weight is 195 g/mol. The molecule has 0 radical (unpaired) electrons. The molecule has 0 atom stereocenters. The van der Waals surface area contributed by atoms with E-state index in [1.807, 2.05) is 13.1 Å². The smallest absolute Gasteiger partial charge is 0.0796 e. The summed E-state index contributed by atoms with van der Waals surface area (Å²) in [6, 6.07) is 0. The van der Waals surface area contributed by atoms with Crippen LogP contribution in [0.25, 0.3) is 0 Å². The van der Waals surface area contributed by atoms with Gasteiger partial charge in [-0.05, 0) is 13.3 Å². The monoisotopic (exact) mass is 195 g/mol. The number of rotatable bonds is 7. The quantitative estimate of drug-likeness (QED) is 0.626. The Kier molecular flexibility index (Phi) is 5.27. The van der Waals surface area contributed by atoms with Crippen LogP contribution >= 0.6 is 0 Å². The first kappa shape index (κ1) is 11.2. The second-order valence-corrected chi connectivity index (χ2v) is 3.85. The number of aryl methyl sites for hydroxylation is 2. The van der Waals surface area contributed by atoms with E-state index in [9.17, 15) is 0 Å². The minimum atomic E-state index is 0.972. The van der Waals surface area contributed by atoms with Crippen LogP contribution in [0.15, 0.2) is 6.20 Å². The van der Waals surface area contributed by atoms with Gasteiger partial charge in [-0.25, -0.2) is 0 Å². The van der Waals surface area contributed by atoms with Crippen LogP contribution in [0.3, 0.4) is 0 Å². The van der Waals surface area contributed by atoms with Gasteiger partial charge in [0.25, 0.3) is 0 Å². The van der Waals surface area contributed by atoms with E-state index in [2.05, 4.69) is 17.1 Å². The third-order valence-electron chi connectivity index (χ3n) is 2.36. The van der Waals surface area contributed by atoms with Crippen LogP contribution in [-0.4, -0.2) is 15.0 Å². The summed E-state index contributed by atoms with van der Waals surface area (Å²) >= 11 is 0. The molecule has 80 valence electrons. The molecular formula is C11H21N3. The van der Waals surface area contributed by atoms with Crippen molar-refractivity contribution >= 4 is 0 Å². The summed E-state index contributed by atoms with van der Waals surface area (Å²) in [6.45, 7) is 5.20. The summed E-state index contributed by atoms with van der Waals surface area (Å²) in [5, 5.41) is 8.41. The zero-order valence-electron chi connectivity index (χ0n) is 9.37. The van der Waals surface area contributed by atoms with Crippen LogP contribution < -0.4 is 0 Å². The molecule has 0 saturated carbocycles. The molecule has 14 heavy (non-hydrogen) atoms. The number of aromatic nitrogens is 3. The van der Waals surface area contributed by atoms with E-state index in [0.29, 0.717) is 0 Å². The van der Waals surface area contributed by atoms with Gasteiger partial charge < -0.3 is 0 Å². The van der Waals surface area contributed by atoms with E-state index in [-0.39, 0.29) is 0 Å². The second-order valence-electron chi connectivity index (χ2n) is 3.85. The molecule has 3 heteroatoms. The maximum absolute atomic E-state index is 4.25. The van der Waals surface area contributed by atoms with Crippen LogP contribution in [-0.2, 0) is 6.54 Å². The number of hydrogen-bond acceptors (Lipinski definition) is 2. The lowest BCUT2D eigenvalue weighted by Gasteiger charge is -2.00. The van der Waals surface area contributed by atoms with Gasteiger partial charge in [-0.3, -0.25) is 0 Å². The van der Waals surface area contributed by atoms with Crippen molar-refractivity contribution in [2.75, 3.05) is 0 Å². The summed E-state index contributed by atoms with van der Waals surface area (Å²) in [5.41, 5.74) is 1.01. The van der Waals surface area contributed by atoms with Crippen LogP contribution in [0.1, 0.15) is 51.1 Å². The van der Waals surface area contributed by atoms with Crippen molar-refractivity contribution in [3.05, 3.63) is 11.9 Å². The van der Waals surface area contributed by atoms with Crippen LogP contribution in [0.2, 0.25) is 0 Å². The molecule has 1 rings (SSSR count). The Morgan fingerprint density at radius 2 is 1.86 bits per heavy atom. The Balaban J connectivity index is 1.99. The summed E-state index contributed by atoms with van der Waals surface area (Å²) in [6.07, 6.45) is 9.75. The van der Waals surface area contributed by atoms with Crippen LogP contribution in [0.5, 0.6) is 0 Å². The van der Waals surface area contributed by atoms with Crippen LogP contribution in [0, 0.1) is 6.92 Å². The Morgan fingerprint density at radius 3 is 2.50 bits per heavy atom. The molecule has 1 aromatic heterocycles. The van der Waals surface area contributed by atoms with Gasteiger partial charge in [-0.2, -0.15) is 15.0 Å². The lowest BCUT2D eigenvalue weighted by Crippen LogP contribution is -2.02. The fraction of sp³-hybridized carbons (Fsp3) is 0.818. The highest BCUT2D eigenvalue weighted by Crippen LogP contribution is 2.05. The Labute approximate surface area is 86.5 Å². The Morgan fingerprint density at radius 1 is 1.14 bits per heavy atom. The van der Waals surface area contributed by atoms with Crippen molar-refractivity contribution in [1.29, 1.82) is 0 Å². The first-order valence-corrected chi connectivity index (χ1v) is 5.69. The van der Waals surface area contributed by atoms with Gasteiger partial charge in [0, 0.05) is 0 Å². The molecule has 1 heterocycles. The maximum Gasteiger partial charge on any atom is 0.0796 e. The minimum Gasteiger partial charge on any atom is -0.185 e. The van der Waals surface area contributed by atoms with Gasteiger partial charge in [0.2, 0.25) is 0 Å². The molecule has 0 bridgehead atoms. The van der Waals surface area contributed by atoms with E-state index in [0.717, 1.165) is 12.2 Å². The predicted molar refractivity (Wildman–Crippen MR) is 58.1 cm³/mol. The fourth-order valence-corrected chi connectivity index (χ4v) is 1.53. The summed E-state index contributed by atoms with van der Waals surface area (Å²) in [4.78, 5) is 1.80. The molecule has 0 aliphatic rings. The Hall–Kier alpha value is -0.860. The first-order valence-electron chi connectivity index (χ1n) is 5.69. The number of hydrogen-bond donors (Lipinski definition) is 0. The molecule has 0 aromatic carbocycles. The van der Waals surface area contributed by atoms with Crippen molar-refractivity contribution in [3.63, 3.8) is 0 Å². The van der Waals surface area contributed by atoms with Crippen molar-refractivity contribution in [1.82, 2.24) is 15.0 Å². The normalized spacial score (nSPS) is 10.7. The molecule has 3 nitrogen and oxygen atoms in total. The molecule has 0 unspecified atom stereocenters. The zero-order chi connectivity index (χ0) is 10.2. The molecule has 0 N–H and O–H groups in total. The first-order chi connectivity index (χ1) is 6.83. The highest BCUT2D eigenvalue weighted by Gasteiger charge is 1.95. The summed E-state index contributed by atoms with van der Waals surface area (Å²) < 4.78 is 0. The topological polar surface area (TPSA) is 30.7 Å². The largest absolute Gasteiger partial charge is 0.185 e. The van der Waals surface area contributed by atoms with Gasteiger partial charge in [0.15, 0.2) is 0 Å². The Bertz CT molecular complexity index is 242. The molecule has 0 aliphatic heterocycles. The van der Waals surface area contributed by atoms with Gasteiger partial charge >= 0.3 is 0 Å². The van der Waals surface area contributed by atoms with E-state index < -0.39 is 0 Å². The highest BCUT2D eigenvalue weighted by atomic mass is 15.5. The zero-order valence-corrected chi connectivity index (χ0v) is 9.37. The fourth-order valence-electron chi connectivity index (χ4n) is 1.53. The van der Waals surface area contributed by atoms with Gasteiger partial charge in [-0.1, -0.05) is 39.0 Å². The summed E-state index contributed by atoms with van der Waals surface area (Å²) in [7, 11) is 0. The average Bonchev–Trinajstić information content (AvgIpc) is 2.58. The van der Waals surface area contributed by atoms with Crippen molar-refractivity contribution in [3.8, 4) is 0 Å². The summed E-state index contributed by atoms with van der Waals surface area (Å²) in [5.74, 6) is 0. The second kappa shape index (κ2) is 6.57. The van der Waals surface area contributed by atoms with Crippen LogP contribution in [0.4, 0.5) is 0 Å². The molecular weight excluding hydrogens is 174 g/mol. The molecule has 1 aromatic rings. The van der Waals surface area contributed by atoms with Gasteiger partial charge in [0.1, 0.15) is 0 Å². The molecule has 0 spiro atoms. The van der Waals surface area contributed by atoms with E-state index >= 15 is 0 Å². The lowest BCUT2D eigenvalue weighted by atomic mass is 10.1. The SMILES string of the molecule is CCCCCCCCn1ncc(C)n1. The van der Waals surface area contributed by atoms with Gasteiger partial charge in [-0.15, -0.1) is 0 Å². The lowest BCUT2D eigenvalue weighted by molar-refractivity contribution is 0.482. The van der Waals surface area contributed by atoms with E-state index in [4.69, 9.17) is 0 Å². The standard InChI is InChI=1S/C11H21N3/c1-3-4-5-6-7-8-9-14-12-10-11(2)13-14/h10H,3-9H2,1-2H3. The van der Waals surface area contributed by atoms with E-state index in [1.54, 1.807) is 4.80 Å². The van der Waals surface area contributed by atoms with Gasteiger partial charge in [0.05, 0.1) is 18.4 Å². The van der Waals surface area contributed by atoms with Crippen molar-refractivity contribution in [2.24, 2.45) is 0 Å². The molecule has 0 amide bonds. The van der Waals surface area contributed by atoms with Crippen molar-refractivity contribution < 1.29 is 0 Å². The highest BCUT2D eigenvalue weighted by molar-refractivity contribution is 4.84.